The van der Waals surface area contributed by atoms with E-state index in [1.807, 2.05) is 0 Å². The fraction of sp³-hybridized carbons (Fsp3) is 0.357. The van der Waals surface area contributed by atoms with Crippen LogP contribution in [0, 0.1) is 16.0 Å². The van der Waals surface area contributed by atoms with Crippen molar-refractivity contribution in [2.75, 3.05) is 11.9 Å². The van der Waals surface area contributed by atoms with Crippen LogP contribution < -0.4 is 10.1 Å². The molecule has 2 atom stereocenters. The predicted octanol–water partition coefficient (Wildman–Crippen LogP) is 2.43. The predicted molar refractivity (Wildman–Crippen MR) is 76.6 cm³/mol. The Balaban J connectivity index is 2.11. The zero-order chi connectivity index (χ0) is 15.4. The lowest BCUT2D eigenvalue weighted by Gasteiger charge is -2.14. The van der Waals surface area contributed by atoms with Crippen molar-refractivity contribution in [3.63, 3.8) is 0 Å². The van der Waals surface area contributed by atoms with Crippen molar-refractivity contribution in [3.8, 4) is 5.75 Å². The van der Waals surface area contributed by atoms with Gasteiger partial charge in [0.15, 0.2) is 5.75 Å². The second kappa shape index (κ2) is 6.25. The second-order valence-corrected chi connectivity index (χ2v) is 4.69. The highest BCUT2D eigenvalue weighted by molar-refractivity contribution is 5.73. The molecule has 0 aliphatic heterocycles. The van der Waals surface area contributed by atoms with E-state index in [1.54, 1.807) is 31.2 Å². The number of anilines is 1. The largest absolute Gasteiger partial charge is 0.487 e. The Labute approximate surface area is 121 Å². The summed E-state index contributed by atoms with van der Waals surface area (Å²) < 4.78 is 5.27. The number of nitrogens with one attached hydrogen (secondary N) is 1. The molecule has 2 unspecified atom stereocenters. The van der Waals surface area contributed by atoms with Crippen LogP contribution in [0.15, 0.2) is 30.4 Å². The Morgan fingerprint density at radius 1 is 1.52 bits per heavy atom. The molecule has 112 valence electrons. The van der Waals surface area contributed by atoms with Crippen LogP contribution in [0.2, 0.25) is 0 Å². The van der Waals surface area contributed by atoms with Crippen molar-refractivity contribution in [1.29, 1.82) is 0 Å². The third-order valence-electron chi connectivity index (χ3n) is 3.21. The summed E-state index contributed by atoms with van der Waals surface area (Å²) >= 11 is 0. The number of rotatable bonds is 6. The molecule has 2 rings (SSSR count). The Kier molecular flexibility index (Phi) is 4.42. The number of nitro groups is 1. The van der Waals surface area contributed by atoms with Gasteiger partial charge in [-0.1, -0.05) is 12.2 Å². The van der Waals surface area contributed by atoms with Gasteiger partial charge < -0.3 is 15.2 Å². The van der Waals surface area contributed by atoms with Gasteiger partial charge in [0.25, 0.3) is 0 Å². The summed E-state index contributed by atoms with van der Waals surface area (Å²) in [4.78, 5) is 21.3. The number of carbonyl (C=O) groups is 1. The average molecular weight is 292 g/mol. The molecule has 0 amide bonds. The molecule has 0 fully saturated rings. The van der Waals surface area contributed by atoms with Crippen molar-refractivity contribution >= 4 is 17.3 Å². The summed E-state index contributed by atoms with van der Waals surface area (Å²) in [5.41, 5.74) is 0.567. The number of carboxylic acid groups (broad SMARTS) is 1. The molecule has 21 heavy (non-hydrogen) atoms. The van der Waals surface area contributed by atoms with Gasteiger partial charge in [-0.25, -0.2) is 0 Å². The Bertz CT molecular complexity index is 585. The van der Waals surface area contributed by atoms with Crippen molar-refractivity contribution in [3.05, 3.63) is 40.5 Å². The smallest absolute Gasteiger partial charge is 0.311 e. The normalized spacial score (nSPS) is 20.2. The highest BCUT2D eigenvalue weighted by Crippen LogP contribution is 2.31. The molecular formula is C14H16N2O5. The van der Waals surface area contributed by atoms with Crippen LogP contribution in [0.1, 0.15) is 13.3 Å². The zero-order valence-electron chi connectivity index (χ0n) is 11.5. The number of benzene rings is 1. The number of carboxylic acids is 1. The Hall–Kier alpha value is -2.57. The molecule has 0 aromatic heterocycles. The molecule has 0 heterocycles. The molecular weight excluding hydrogens is 276 g/mol. The number of nitro benzene ring substituents is 1. The number of hydrogen-bond acceptors (Lipinski definition) is 5. The molecule has 0 radical (unpaired) electrons. The molecule has 2 N–H and O–H groups in total. The first kappa shape index (κ1) is 14.8. The molecule has 0 saturated heterocycles. The van der Waals surface area contributed by atoms with Gasteiger partial charge in [0.1, 0.15) is 0 Å². The van der Waals surface area contributed by atoms with Gasteiger partial charge in [0.2, 0.25) is 0 Å². The molecule has 1 aliphatic carbocycles. The first-order valence-electron chi connectivity index (χ1n) is 6.60. The number of nitrogens with zero attached hydrogens (tertiary/aromatic N) is 1. The minimum atomic E-state index is -0.853. The fourth-order valence-corrected chi connectivity index (χ4v) is 2.23. The molecule has 1 aliphatic rings. The lowest BCUT2D eigenvalue weighted by molar-refractivity contribution is -0.385. The third-order valence-corrected chi connectivity index (χ3v) is 3.21. The van der Waals surface area contributed by atoms with Crippen molar-refractivity contribution in [1.82, 2.24) is 0 Å². The van der Waals surface area contributed by atoms with Gasteiger partial charge in [-0.2, -0.15) is 0 Å². The van der Waals surface area contributed by atoms with Crippen molar-refractivity contribution < 1.29 is 19.6 Å². The number of ether oxygens (including phenoxy) is 1. The molecule has 0 spiro atoms. The van der Waals surface area contributed by atoms with Gasteiger partial charge >= 0.3 is 11.7 Å². The summed E-state index contributed by atoms with van der Waals surface area (Å²) in [5, 5.41) is 23.0. The summed E-state index contributed by atoms with van der Waals surface area (Å²) in [6, 6.07) is 4.41. The Morgan fingerprint density at radius 2 is 2.29 bits per heavy atom. The topological polar surface area (TPSA) is 102 Å². The van der Waals surface area contributed by atoms with E-state index in [2.05, 4.69) is 5.32 Å². The number of aliphatic carboxylic acids is 1. The third kappa shape index (κ3) is 3.50. The summed E-state index contributed by atoms with van der Waals surface area (Å²) in [5.74, 6) is -1.15. The van der Waals surface area contributed by atoms with Crippen LogP contribution in [0.5, 0.6) is 5.75 Å². The molecule has 1 aromatic rings. The first-order chi connectivity index (χ1) is 10.0. The maximum Gasteiger partial charge on any atom is 0.311 e. The van der Waals surface area contributed by atoms with Crippen LogP contribution in [0.3, 0.4) is 0 Å². The van der Waals surface area contributed by atoms with Crippen LogP contribution >= 0.6 is 0 Å². The van der Waals surface area contributed by atoms with Crippen molar-refractivity contribution in [2.45, 2.75) is 19.4 Å². The lowest BCUT2D eigenvalue weighted by atomic mass is 10.1. The van der Waals surface area contributed by atoms with E-state index in [9.17, 15) is 14.9 Å². The molecule has 0 saturated carbocycles. The molecule has 1 aromatic carbocycles. The van der Waals surface area contributed by atoms with E-state index < -0.39 is 16.8 Å². The van der Waals surface area contributed by atoms with Crippen LogP contribution in [-0.4, -0.2) is 28.6 Å². The lowest BCUT2D eigenvalue weighted by Crippen LogP contribution is -2.18. The second-order valence-electron chi connectivity index (χ2n) is 4.69. The molecule has 7 nitrogen and oxygen atoms in total. The Morgan fingerprint density at radius 3 is 2.86 bits per heavy atom. The first-order valence-corrected chi connectivity index (χ1v) is 6.60. The minimum absolute atomic E-state index is 0.0900. The average Bonchev–Trinajstić information content (AvgIpc) is 2.88. The van der Waals surface area contributed by atoms with E-state index in [0.29, 0.717) is 18.7 Å². The molecule has 7 heteroatoms. The monoisotopic (exact) mass is 292 g/mol. The number of hydrogen-bond donors (Lipinski definition) is 2. The van der Waals surface area contributed by atoms with E-state index >= 15 is 0 Å². The van der Waals surface area contributed by atoms with E-state index in [0.717, 1.165) is 0 Å². The maximum absolute atomic E-state index is 10.9. The van der Waals surface area contributed by atoms with E-state index in [-0.39, 0.29) is 17.5 Å². The van der Waals surface area contributed by atoms with Crippen LogP contribution in [-0.2, 0) is 4.79 Å². The van der Waals surface area contributed by atoms with Gasteiger partial charge in [0.05, 0.1) is 17.4 Å². The summed E-state index contributed by atoms with van der Waals surface area (Å²) in [6.45, 7) is 2.08. The van der Waals surface area contributed by atoms with Crippen LogP contribution in [0.25, 0.3) is 0 Å². The minimum Gasteiger partial charge on any atom is -0.487 e. The maximum atomic E-state index is 10.9. The fourth-order valence-electron chi connectivity index (χ4n) is 2.23. The summed E-state index contributed by atoms with van der Waals surface area (Å²) in [7, 11) is 0. The highest BCUT2D eigenvalue weighted by Gasteiger charge is 2.24. The van der Waals surface area contributed by atoms with Gasteiger partial charge in [-0.05, 0) is 19.4 Å². The highest BCUT2D eigenvalue weighted by atomic mass is 16.6. The standard InChI is InChI=1S/C14H16N2O5/c1-2-21-13-8-11(5-6-12(13)16(19)20)15-10-4-3-9(7-10)14(17)18/h3-6,8-10,15H,2,7H2,1H3,(H,17,18). The van der Waals surface area contributed by atoms with Gasteiger partial charge in [-0.15, -0.1) is 0 Å². The molecule has 0 bridgehead atoms. The van der Waals surface area contributed by atoms with E-state index in [4.69, 9.17) is 9.84 Å². The SMILES string of the molecule is CCOc1cc(NC2C=CC(C(=O)O)C2)ccc1[N+](=O)[O-]. The van der Waals surface area contributed by atoms with Gasteiger partial charge in [-0.3, -0.25) is 14.9 Å². The zero-order valence-corrected chi connectivity index (χ0v) is 11.5. The quantitative estimate of drug-likeness (QED) is 0.474. The summed E-state index contributed by atoms with van der Waals surface area (Å²) in [6.07, 6.45) is 3.89. The van der Waals surface area contributed by atoms with E-state index in [1.165, 1.54) is 6.07 Å². The van der Waals surface area contributed by atoms with Crippen molar-refractivity contribution in [2.24, 2.45) is 5.92 Å². The van der Waals surface area contributed by atoms with Crippen LogP contribution in [0.4, 0.5) is 11.4 Å². The van der Waals surface area contributed by atoms with Gasteiger partial charge in [0, 0.05) is 23.9 Å².